The molecule has 0 bridgehead atoms. The molecule has 1 amide bonds. The molecular formula is C26H32N2O4. The number of aliphatic hydroxyl groups is 1. The molecule has 0 aromatic heterocycles. The van der Waals surface area contributed by atoms with Crippen molar-refractivity contribution in [3.8, 4) is 5.75 Å². The van der Waals surface area contributed by atoms with Crippen LogP contribution in [-0.4, -0.2) is 72.4 Å². The highest BCUT2D eigenvalue weighted by Gasteiger charge is 2.66. The van der Waals surface area contributed by atoms with E-state index >= 15 is 0 Å². The van der Waals surface area contributed by atoms with Crippen LogP contribution in [0.15, 0.2) is 54.6 Å². The number of benzene rings is 2. The number of likely N-dealkylation sites (tertiary alicyclic amines) is 2. The van der Waals surface area contributed by atoms with E-state index in [1.165, 1.54) is 5.56 Å². The predicted molar refractivity (Wildman–Crippen MR) is 121 cm³/mol. The van der Waals surface area contributed by atoms with Crippen LogP contribution in [0, 0.1) is 5.92 Å². The molecule has 6 nitrogen and oxygen atoms in total. The zero-order chi connectivity index (χ0) is 22.1. The molecule has 170 valence electrons. The van der Waals surface area contributed by atoms with Crippen molar-refractivity contribution >= 4 is 5.91 Å². The maximum atomic E-state index is 13.1. The highest BCUT2D eigenvalue weighted by molar-refractivity contribution is 5.80. The minimum Gasteiger partial charge on any atom is -0.497 e. The molecule has 1 N–H and O–H groups in total. The summed E-state index contributed by atoms with van der Waals surface area (Å²) in [4.78, 5) is 17.6. The molecule has 5 rings (SSSR count). The van der Waals surface area contributed by atoms with Crippen LogP contribution in [0.1, 0.15) is 29.9 Å². The van der Waals surface area contributed by atoms with Crippen molar-refractivity contribution in [3.05, 3.63) is 65.7 Å². The van der Waals surface area contributed by atoms with Crippen LogP contribution in [0.5, 0.6) is 5.75 Å². The Morgan fingerprint density at radius 3 is 2.56 bits per heavy atom. The van der Waals surface area contributed by atoms with Gasteiger partial charge in [0, 0.05) is 50.7 Å². The molecule has 0 aliphatic carbocycles. The van der Waals surface area contributed by atoms with Crippen molar-refractivity contribution in [2.75, 3.05) is 40.0 Å². The number of hydrogen-bond donors (Lipinski definition) is 1. The van der Waals surface area contributed by atoms with E-state index in [-0.39, 0.29) is 35.9 Å². The fraction of sp³-hybridized carbons (Fsp3) is 0.500. The zero-order valence-corrected chi connectivity index (χ0v) is 18.7. The second kappa shape index (κ2) is 8.85. The Kier molecular flexibility index (Phi) is 5.93. The molecule has 0 radical (unpaired) electrons. The van der Waals surface area contributed by atoms with Gasteiger partial charge >= 0.3 is 0 Å². The molecular weight excluding hydrogens is 404 g/mol. The van der Waals surface area contributed by atoms with Crippen molar-refractivity contribution in [2.45, 2.75) is 36.9 Å². The van der Waals surface area contributed by atoms with E-state index in [1.807, 2.05) is 23.1 Å². The minimum absolute atomic E-state index is 0.0314. The Morgan fingerprint density at radius 1 is 1.12 bits per heavy atom. The Morgan fingerprint density at radius 2 is 1.88 bits per heavy atom. The van der Waals surface area contributed by atoms with Crippen molar-refractivity contribution in [1.82, 2.24) is 9.80 Å². The number of amides is 1. The first-order valence-electron chi connectivity index (χ1n) is 11.6. The molecule has 6 heteroatoms. The van der Waals surface area contributed by atoms with E-state index in [9.17, 15) is 9.90 Å². The summed E-state index contributed by atoms with van der Waals surface area (Å²) in [6.07, 6.45) is 1.63. The summed E-state index contributed by atoms with van der Waals surface area (Å²) in [6, 6.07) is 18.6. The highest BCUT2D eigenvalue weighted by atomic mass is 16.5. The summed E-state index contributed by atoms with van der Waals surface area (Å²) >= 11 is 0. The summed E-state index contributed by atoms with van der Waals surface area (Å²) in [5.74, 6) is 1.39. The highest BCUT2D eigenvalue weighted by Crippen LogP contribution is 2.54. The second-order valence-electron chi connectivity index (χ2n) is 9.30. The largest absolute Gasteiger partial charge is 0.497 e. The van der Waals surface area contributed by atoms with Crippen molar-refractivity contribution in [3.63, 3.8) is 0 Å². The molecule has 3 fully saturated rings. The molecule has 3 heterocycles. The van der Waals surface area contributed by atoms with Crippen LogP contribution in [0.3, 0.4) is 0 Å². The number of carbonyl (C=O) groups is 1. The number of aliphatic hydroxyl groups excluding tert-OH is 1. The first-order chi connectivity index (χ1) is 15.7. The van der Waals surface area contributed by atoms with E-state index in [4.69, 9.17) is 9.47 Å². The molecule has 3 aliphatic rings. The van der Waals surface area contributed by atoms with Crippen LogP contribution in [0.25, 0.3) is 0 Å². The molecule has 0 saturated carbocycles. The number of rotatable bonds is 6. The van der Waals surface area contributed by atoms with E-state index in [0.29, 0.717) is 26.3 Å². The van der Waals surface area contributed by atoms with Crippen molar-refractivity contribution in [2.24, 2.45) is 5.92 Å². The first-order valence-corrected chi connectivity index (χ1v) is 11.6. The number of nitrogens with zero attached hydrogens (tertiary/aromatic N) is 2. The SMILES string of the molecule is COc1cccc(CN2[C@H](CO)[C@H](c3ccccc3)C23CN(C(=O)C2CCOCC2)C3)c1. The van der Waals surface area contributed by atoms with Gasteiger partial charge in [-0.05, 0) is 36.1 Å². The monoisotopic (exact) mass is 436 g/mol. The van der Waals surface area contributed by atoms with Gasteiger partial charge in [0.2, 0.25) is 5.91 Å². The van der Waals surface area contributed by atoms with E-state index in [1.54, 1.807) is 7.11 Å². The average molecular weight is 437 g/mol. The van der Waals surface area contributed by atoms with Gasteiger partial charge in [0.15, 0.2) is 0 Å². The molecule has 1 spiro atoms. The molecule has 0 unspecified atom stereocenters. The summed E-state index contributed by atoms with van der Waals surface area (Å²) in [5.41, 5.74) is 2.26. The van der Waals surface area contributed by atoms with E-state index in [0.717, 1.165) is 30.7 Å². The van der Waals surface area contributed by atoms with Crippen molar-refractivity contribution in [1.29, 1.82) is 0 Å². The maximum absolute atomic E-state index is 13.1. The molecule has 2 atom stereocenters. The standard InChI is InChI=1S/C26H32N2O4/c1-31-22-9-5-6-19(14-22)15-28-23(16-29)24(20-7-3-2-4-8-20)26(28)17-27(18-26)25(30)21-10-12-32-13-11-21/h2-9,14,21,23-24,29H,10-13,15-18H2,1H3/t23-,24+/m1/s1. The molecule has 3 aliphatic heterocycles. The van der Waals surface area contributed by atoms with Crippen LogP contribution < -0.4 is 4.74 Å². The number of ether oxygens (including phenoxy) is 2. The Labute approximate surface area is 189 Å². The maximum Gasteiger partial charge on any atom is 0.225 e. The summed E-state index contributed by atoms with van der Waals surface area (Å²) in [5, 5.41) is 10.3. The summed E-state index contributed by atoms with van der Waals surface area (Å²) in [6.45, 7) is 3.60. The van der Waals surface area contributed by atoms with Gasteiger partial charge in [-0.15, -0.1) is 0 Å². The van der Waals surface area contributed by atoms with E-state index in [2.05, 4.69) is 41.3 Å². The van der Waals surface area contributed by atoms with Gasteiger partial charge in [-0.2, -0.15) is 0 Å². The van der Waals surface area contributed by atoms with Crippen LogP contribution in [-0.2, 0) is 16.1 Å². The normalized spacial score (nSPS) is 25.2. The lowest BCUT2D eigenvalue weighted by Gasteiger charge is -2.71. The van der Waals surface area contributed by atoms with Crippen molar-refractivity contribution < 1.29 is 19.4 Å². The minimum atomic E-state index is -0.140. The number of carbonyl (C=O) groups excluding carboxylic acids is 1. The molecule has 32 heavy (non-hydrogen) atoms. The third-order valence-electron chi connectivity index (χ3n) is 7.58. The van der Waals surface area contributed by atoms with Crippen LogP contribution >= 0.6 is 0 Å². The average Bonchev–Trinajstić information content (AvgIpc) is 2.82. The lowest BCUT2D eigenvalue weighted by molar-refractivity contribution is -0.203. The van der Waals surface area contributed by atoms with Gasteiger partial charge < -0.3 is 19.5 Å². The van der Waals surface area contributed by atoms with Gasteiger partial charge in [-0.3, -0.25) is 9.69 Å². The van der Waals surface area contributed by atoms with Crippen LogP contribution in [0.2, 0.25) is 0 Å². The Bertz CT molecular complexity index is 938. The van der Waals surface area contributed by atoms with Gasteiger partial charge in [0.05, 0.1) is 19.3 Å². The van der Waals surface area contributed by atoms with Gasteiger partial charge in [0.1, 0.15) is 5.75 Å². The topological polar surface area (TPSA) is 62.2 Å². The predicted octanol–water partition coefficient (Wildman–Crippen LogP) is 2.66. The van der Waals surface area contributed by atoms with E-state index < -0.39 is 0 Å². The zero-order valence-electron chi connectivity index (χ0n) is 18.7. The Hall–Kier alpha value is -2.41. The smallest absolute Gasteiger partial charge is 0.225 e. The fourth-order valence-electron chi connectivity index (χ4n) is 5.96. The van der Waals surface area contributed by atoms with Gasteiger partial charge in [0.25, 0.3) is 0 Å². The van der Waals surface area contributed by atoms with Gasteiger partial charge in [-0.1, -0.05) is 42.5 Å². The summed E-state index contributed by atoms with van der Waals surface area (Å²) in [7, 11) is 1.68. The summed E-state index contributed by atoms with van der Waals surface area (Å²) < 4.78 is 10.9. The second-order valence-corrected chi connectivity index (χ2v) is 9.30. The van der Waals surface area contributed by atoms with Gasteiger partial charge in [-0.25, -0.2) is 0 Å². The quantitative estimate of drug-likeness (QED) is 0.755. The lowest BCUT2D eigenvalue weighted by Crippen LogP contribution is -2.84. The molecule has 2 aromatic rings. The third kappa shape index (κ3) is 3.60. The molecule has 2 aromatic carbocycles. The lowest BCUT2D eigenvalue weighted by atomic mass is 9.60. The number of methoxy groups -OCH3 is 1. The fourth-order valence-corrected chi connectivity index (χ4v) is 5.96. The third-order valence-corrected chi connectivity index (χ3v) is 7.58. The van der Waals surface area contributed by atoms with Crippen LogP contribution in [0.4, 0.5) is 0 Å². The first kappa shape index (κ1) is 21.4. The molecule has 3 saturated heterocycles. The Balaban J connectivity index is 1.40. The number of hydrogen-bond acceptors (Lipinski definition) is 5.